The van der Waals surface area contributed by atoms with Gasteiger partial charge >= 0.3 is 0 Å². The van der Waals surface area contributed by atoms with E-state index in [-0.39, 0.29) is 34.2 Å². The second-order valence-corrected chi connectivity index (χ2v) is 12.4. The smallest absolute Gasteiger partial charge is 0.261 e. The van der Waals surface area contributed by atoms with Crippen molar-refractivity contribution in [1.82, 2.24) is 4.31 Å². The zero-order chi connectivity index (χ0) is 27.5. The number of nitrogens with zero attached hydrogens (tertiary/aromatic N) is 1. The van der Waals surface area contributed by atoms with Crippen LogP contribution in [0.2, 0.25) is 0 Å². The number of rotatable bonds is 8. The van der Waals surface area contributed by atoms with Gasteiger partial charge in [0.15, 0.2) is 0 Å². The van der Waals surface area contributed by atoms with Gasteiger partial charge in [-0.1, -0.05) is 12.1 Å². The number of carbonyl (C=O) groups is 1. The van der Waals surface area contributed by atoms with E-state index in [1.807, 2.05) is 26.0 Å². The summed E-state index contributed by atoms with van der Waals surface area (Å²) in [7, 11) is -6.30. The second-order valence-electron chi connectivity index (χ2n) is 8.78. The van der Waals surface area contributed by atoms with Crippen LogP contribution in [0.3, 0.4) is 0 Å². The number of sulfonamides is 2. The molecule has 1 aliphatic heterocycles. The highest BCUT2D eigenvalue weighted by atomic mass is 32.2. The van der Waals surface area contributed by atoms with Gasteiger partial charge in [-0.15, -0.1) is 0 Å². The van der Waals surface area contributed by atoms with Crippen molar-refractivity contribution in [2.24, 2.45) is 0 Å². The Morgan fingerprint density at radius 1 is 0.895 bits per heavy atom. The number of hydrogen-bond donors (Lipinski definition) is 2. The molecule has 1 heterocycles. The molecule has 4 rings (SSSR count). The van der Waals surface area contributed by atoms with Crippen LogP contribution in [0.15, 0.2) is 70.5 Å². The number of hydrogen-bond acceptors (Lipinski definition) is 7. The molecule has 0 atom stereocenters. The lowest BCUT2D eigenvalue weighted by atomic mass is 10.1. The van der Waals surface area contributed by atoms with Gasteiger partial charge in [-0.25, -0.2) is 16.8 Å². The third kappa shape index (κ3) is 5.99. The highest BCUT2D eigenvalue weighted by Gasteiger charge is 2.28. The predicted molar refractivity (Wildman–Crippen MR) is 144 cm³/mol. The lowest BCUT2D eigenvalue weighted by molar-refractivity contribution is 0.0730. The standard InChI is InChI=1S/C26H29N3O7S2/c1-18-4-5-19(2)24(16-18)28-37(31,32)21-8-6-20(7-9-21)27-26(30)23-17-22(10-11-25(23)35-3)38(33,34)29-12-14-36-15-13-29/h4-11,16-17,28H,12-15H2,1-3H3,(H,27,30). The molecule has 0 bridgehead atoms. The highest BCUT2D eigenvalue weighted by molar-refractivity contribution is 7.92. The molecule has 0 radical (unpaired) electrons. The molecule has 3 aromatic carbocycles. The van der Waals surface area contributed by atoms with Crippen LogP contribution in [0, 0.1) is 13.8 Å². The normalized spacial score (nSPS) is 14.6. The maximum atomic E-state index is 13.1. The van der Waals surface area contributed by atoms with Crippen LogP contribution in [-0.4, -0.2) is 60.5 Å². The van der Waals surface area contributed by atoms with Gasteiger partial charge in [0.25, 0.3) is 15.9 Å². The van der Waals surface area contributed by atoms with Gasteiger partial charge in [0.1, 0.15) is 5.75 Å². The molecule has 2 N–H and O–H groups in total. The number of ether oxygens (including phenoxy) is 2. The van der Waals surface area contributed by atoms with Crippen molar-refractivity contribution in [2.45, 2.75) is 23.6 Å². The van der Waals surface area contributed by atoms with E-state index in [0.717, 1.165) is 11.1 Å². The molecule has 0 aromatic heterocycles. The summed E-state index contributed by atoms with van der Waals surface area (Å²) in [6.45, 7) is 4.73. The maximum Gasteiger partial charge on any atom is 0.261 e. The van der Waals surface area contributed by atoms with E-state index in [1.165, 1.54) is 53.9 Å². The monoisotopic (exact) mass is 559 g/mol. The molecular formula is C26H29N3O7S2. The first kappa shape index (κ1) is 27.6. The average molecular weight is 560 g/mol. The van der Waals surface area contributed by atoms with E-state index in [1.54, 1.807) is 6.07 Å². The Bertz CT molecular complexity index is 1550. The van der Waals surface area contributed by atoms with Gasteiger partial charge in [0.2, 0.25) is 10.0 Å². The molecule has 0 aliphatic carbocycles. The Kier molecular flexibility index (Phi) is 8.07. The van der Waals surface area contributed by atoms with Gasteiger partial charge in [0.05, 0.1) is 41.4 Å². The summed E-state index contributed by atoms with van der Waals surface area (Å²) in [6.07, 6.45) is 0. The molecule has 3 aromatic rings. The topological polar surface area (TPSA) is 131 Å². The lowest BCUT2D eigenvalue weighted by Crippen LogP contribution is -2.40. The number of anilines is 2. The Morgan fingerprint density at radius 2 is 1.55 bits per heavy atom. The number of aryl methyl sites for hydroxylation is 2. The van der Waals surface area contributed by atoms with Crippen molar-refractivity contribution in [3.8, 4) is 5.75 Å². The van der Waals surface area contributed by atoms with Gasteiger partial charge in [0, 0.05) is 18.8 Å². The van der Waals surface area contributed by atoms with Gasteiger partial charge < -0.3 is 14.8 Å². The minimum atomic E-state index is -3.86. The predicted octanol–water partition coefficient (Wildman–Crippen LogP) is 3.39. The molecule has 1 saturated heterocycles. The quantitative estimate of drug-likeness (QED) is 0.433. The molecule has 38 heavy (non-hydrogen) atoms. The second kappa shape index (κ2) is 11.1. The van der Waals surface area contributed by atoms with E-state index in [2.05, 4.69) is 10.0 Å². The summed E-state index contributed by atoms with van der Waals surface area (Å²) in [5.74, 6) is -0.412. The Labute approximate surface area is 222 Å². The molecule has 12 heteroatoms. The van der Waals surface area contributed by atoms with Crippen LogP contribution in [-0.2, 0) is 24.8 Å². The summed E-state index contributed by atoms with van der Waals surface area (Å²) < 4.78 is 66.3. The van der Waals surface area contributed by atoms with E-state index in [4.69, 9.17) is 9.47 Å². The van der Waals surface area contributed by atoms with Crippen LogP contribution in [0.1, 0.15) is 21.5 Å². The number of morpholine rings is 1. The van der Waals surface area contributed by atoms with E-state index >= 15 is 0 Å². The molecule has 10 nitrogen and oxygen atoms in total. The molecule has 1 fully saturated rings. The Hall–Kier alpha value is -3.45. The minimum Gasteiger partial charge on any atom is -0.496 e. The summed E-state index contributed by atoms with van der Waals surface area (Å²) in [4.78, 5) is 13.1. The summed E-state index contributed by atoms with van der Waals surface area (Å²) in [5, 5.41) is 2.67. The molecular weight excluding hydrogens is 530 g/mol. The fourth-order valence-electron chi connectivity index (χ4n) is 3.93. The van der Waals surface area contributed by atoms with Crippen LogP contribution in [0.5, 0.6) is 5.75 Å². The van der Waals surface area contributed by atoms with Crippen LogP contribution in [0.25, 0.3) is 0 Å². The molecule has 1 aliphatic rings. The van der Waals surface area contributed by atoms with Gasteiger partial charge in [-0.3, -0.25) is 9.52 Å². The van der Waals surface area contributed by atoms with Crippen LogP contribution in [0.4, 0.5) is 11.4 Å². The number of nitrogens with one attached hydrogen (secondary N) is 2. The van der Waals surface area contributed by atoms with Crippen molar-refractivity contribution < 1.29 is 31.1 Å². The number of carbonyl (C=O) groups excluding carboxylic acids is 1. The van der Waals surface area contributed by atoms with Crippen molar-refractivity contribution in [2.75, 3.05) is 43.5 Å². The third-order valence-electron chi connectivity index (χ3n) is 6.08. The van der Waals surface area contributed by atoms with E-state index in [9.17, 15) is 21.6 Å². The zero-order valence-electron chi connectivity index (χ0n) is 21.2. The Morgan fingerprint density at radius 3 is 2.21 bits per heavy atom. The molecule has 202 valence electrons. The fourth-order valence-corrected chi connectivity index (χ4v) is 6.48. The first-order valence-electron chi connectivity index (χ1n) is 11.8. The third-order valence-corrected chi connectivity index (χ3v) is 9.36. The Balaban J connectivity index is 1.53. The SMILES string of the molecule is COc1ccc(S(=O)(=O)N2CCOCC2)cc1C(=O)Nc1ccc(S(=O)(=O)Nc2cc(C)ccc2C)cc1. The van der Waals surface area contributed by atoms with E-state index < -0.39 is 26.0 Å². The molecule has 1 amide bonds. The fraction of sp³-hybridized carbons (Fsp3) is 0.269. The first-order valence-corrected chi connectivity index (χ1v) is 14.7. The highest BCUT2D eigenvalue weighted by Crippen LogP contribution is 2.27. The number of benzene rings is 3. The summed E-state index contributed by atoms with van der Waals surface area (Å²) in [5.41, 5.74) is 2.54. The average Bonchev–Trinajstić information content (AvgIpc) is 2.91. The summed E-state index contributed by atoms with van der Waals surface area (Å²) in [6, 6.07) is 15.2. The van der Waals surface area contributed by atoms with Gasteiger partial charge in [-0.2, -0.15) is 4.31 Å². The van der Waals surface area contributed by atoms with Crippen molar-refractivity contribution in [1.29, 1.82) is 0 Å². The molecule has 0 spiro atoms. The maximum absolute atomic E-state index is 13.1. The zero-order valence-corrected chi connectivity index (χ0v) is 22.9. The van der Waals surface area contributed by atoms with Crippen molar-refractivity contribution in [3.63, 3.8) is 0 Å². The minimum absolute atomic E-state index is 0.0209. The van der Waals surface area contributed by atoms with Crippen molar-refractivity contribution in [3.05, 3.63) is 77.4 Å². The van der Waals surface area contributed by atoms with E-state index in [0.29, 0.717) is 24.6 Å². The number of amides is 1. The lowest BCUT2D eigenvalue weighted by Gasteiger charge is -2.26. The van der Waals surface area contributed by atoms with Crippen LogP contribution >= 0.6 is 0 Å². The van der Waals surface area contributed by atoms with Gasteiger partial charge in [-0.05, 0) is 73.5 Å². The largest absolute Gasteiger partial charge is 0.496 e. The number of methoxy groups -OCH3 is 1. The van der Waals surface area contributed by atoms with Crippen molar-refractivity contribution >= 4 is 37.3 Å². The molecule has 0 saturated carbocycles. The van der Waals surface area contributed by atoms with Crippen LogP contribution < -0.4 is 14.8 Å². The molecule has 0 unspecified atom stereocenters. The first-order chi connectivity index (χ1) is 18.0. The summed E-state index contributed by atoms with van der Waals surface area (Å²) >= 11 is 0.